The van der Waals surface area contributed by atoms with Gasteiger partial charge in [0.2, 0.25) is 0 Å². The summed E-state index contributed by atoms with van der Waals surface area (Å²) in [7, 11) is 0. The van der Waals surface area contributed by atoms with E-state index in [0.717, 1.165) is 13.1 Å². The molecule has 4 N–H and O–H groups in total. The number of piperazine rings is 1. The van der Waals surface area contributed by atoms with E-state index in [1.54, 1.807) is 4.90 Å². The van der Waals surface area contributed by atoms with Gasteiger partial charge < -0.3 is 30.1 Å². The van der Waals surface area contributed by atoms with Crippen LogP contribution >= 0.6 is 0 Å². The Morgan fingerprint density at radius 2 is 1.46 bits per heavy atom. The Balaban J connectivity index is 1.55. The van der Waals surface area contributed by atoms with Crippen molar-refractivity contribution < 1.29 is 30.0 Å². The van der Waals surface area contributed by atoms with Crippen LogP contribution < -0.4 is 0 Å². The SMILES string of the molecule is O=C([C@H]1OC(O)[C@H](O)[C@@H](O)[C@@H]1O)N1CCN(C2CCCCC2)CC1. The average molecular weight is 344 g/mol. The number of carbonyl (C=O) groups is 1. The van der Waals surface area contributed by atoms with Crippen molar-refractivity contribution in [1.29, 1.82) is 0 Å². The van der Waals surface area contributed by atoms with Gasteiger partial charge in [0.25, 0.3) is 5.91 Å². The highest BCUT2D eigenvalue weighted by Gasteiger charge is 2.47. The Kier molecular flexibility index (Phi) is 5.74. The average Bonchev–Trinajstić information content (AvgIpc) is 2.63. The first-order chi connectivity index (χ1) is 11.5. The van der Waals surface area contributed by atoms with Crippen LogP contribution in [0.1, 0.15) is 32.1 Å². The van der Waals surface area contributed by atoms with E-state index in [0.29, 0.717) is 19.1 Å². The summed E-state index contributed by atoms with van der Waals surface area (Å²) in [6.45, 7) is 2.65. The molecular weight excluding hydrogens is 316 g/mol. The quantitative estimate of drug-likeness (QED) is 0.470. The van der Waals surface area contributed by atoms with Crippen LogP contribution in [-0.4, -0.2) is 99.1 Å². The van der Waals surface area contributed by atoms with Gasteiger partial charge in [0.05, 0.1) is 0 Å². The molecule has 1 saturated carbocycles. The summed E-state index contributed by atoms with van der Waals surface area (Å²) >= 11 is 0. The highest BCUT2D eigenvalue weighted by Crippen LogP contribution is 2.25. The summed E-state index contributed by atoms with van der Waals surface area (Å²) in [6.07, 6.45) is -1.52. The molecule has 0 spiro atoms. The van der Waals surface area contributed by atoms with Crippen LogP contribution in [0.2, 0.25) is 0 Å². The molecule has 2 heterocycles. The molecule has 1 amide bonds. The first kappa shape index (κ1) is 18.0. The van der Waals surface area contributed by atoms with E-state index in [1.807, 2.05) is 0 Å². The van der Waals surface area contributed by atoms with Crippen molar-refractivity contribution >= 4 is 5.91 Å². The molecule has 138 valence electrons. The lowest BCUT2D eigenvalue weighted by molar-refractivity contribution is -0.278. The van der Waals surface area contributed by atoms with Crippen LogP contribution in [0.3, 0.4) is 0 Å². The molecule has 3 rings (SSSR count). The number of rotatable bonds is 2. The summed E-state index contributed by atoms with van der Waals surface area (Å²) in [5, 5.41) is 38.8. The maximum absolute atomic E-state index is 12.6. The highest BCUT2D eigenvalue weighted by molar-refractivity contribution is 5.82. The first-order valence-electron chi connectivity index (χ1n) is 8.89. The number of hydrogen-bond acceptors (Lipinski definition) is 7. The number of ether oxygens (including phenoxy) is 1. The third-order valence-corrected chi connectivity index (χ3v) is 5.55. The standard InChI is InChI=1S/C16H28N2O6/c19-11-12(20)14(24-16(23)13(11)21)15(22)18-8-6-17(7-9-18)10-4-2-1-3-5-10/h10-14,16,19-21,23H,1-9H2/t11-,12-,13+,14-,16?/m0/s1. The lowest BCUT2D eigenvalue weighted by Gasteiger charge is -2.43. The number of aliphatic hydroxyl groups excluding tert-OH is 4. The van der Waals surface area contributed by atoms with Gasteiger partial charge in [0.15, 0.2) is 12.4 Å². The van der Waals surface area contributed by atoms with Crippen molar-refractivity contribution in [2.45, 2.75) is 68.9 Å². The Morgan fingerprint density at radius 1 is 0.833 bits per heavy atom. The van der Waals surface area contributed by atoms with Gasteiger partial charge in [0, 0.05) is 32.2 Å². The minimum Gasteiger partial charge on any atom is -0.387 e. The molecule has 5 atom stereocenters. The molecule has 0 radical (unpaired) electrons. The van der Waals surface area contributed by atoms with Crippen LogP contribution in [0, 0.1) is 0 Å². The number of hydrogen-bond donors (Lipinski definition) is 4. The summed E-state index contributed by atoms with van der Waals surface area (Å²) in [4.78, 5) is 16.6. The molecule has 3 aliphatic rings. The molecule has 0 aromatic carbocycles. The fourth-order valence-corrected chi connectivity index (χ4v) is 4.00. The van der Waals surface area contributed by atoms with Gasteiger partial charge in [-0.2, -0.15) is 0 Å². The molecule has 0 aromatic heterocycles. The monoisotopic (exact) mass is 344 g/mol. The van der Waals surface area contributed by atoms with E-state index in [1.165, 1.54) is 32.1 Å². The maximum Gasteiger partial charge on any atom is 0.254 e. The van der Waals surface area contributed by atoms with E-state index in [4.69, 9.17) is 4.74 Å². The largest absolute Gasteiger partial charge is 0.387 e. The smallest absolute Gasteiger partial charge is 0.254 e. The molecule has 0 aromatic rings. The third-order valence-electron chi connectivity index (χ3n) is 5.55. The number of aliphatic hydroxyl groups is 4. The topological polar surface area (TPSA) is 114 Å². The summed E-state index contributed by atoms with van der Waals surface area (Å²) in [5.74, 6) is -0.448. The van der Waals surface area contributed by atoms with Crippen molar-refractivity contribution in [1.82, 2.24) is 9.80 Å². The Labute approximate surface area is 141 Å². The van der Waals surface area contributed by atoms with Crippen molar-refractivity contribution in [2.24, 2.45) is 0 Å². The molecule has 8 heteroatoms. The van der Waals surface area contributed by atoms with Gasteiger partial charge in [-0.15, -0.1) is 0 Å². The minimum absolute atomic E-state index is 0.448. The molecule has 2 aliphatic heterocycles. The van der Waals surface area contributed by atoms with E-state index in [2.05, 4.69) is 4.90 Å². The Hall–Kier alpha value is -0.770. The molecule has 1 aliphatic carbocycles. The number of carbonyl (C=O) groups excluding carboxylic acids is 1. The number of nitrogens with zero attached hydrogens (tertiary/aromatic N) is 2. The van der Waals surface area contributed by atoms with E-state index in [9.17, 15) is 25.2 Å². The predicted octanol–water partition coefficient (Wildman–Crippen LogP) is -1.74. The third kappa shape index (κ3) is 3.58. The fraction of sp³-hybridized carbons (Fsp3) is 0.938. The van der Waals surface area contributed by atoms with Gasteiger partial charge in [-0.3, -0.25) is 9.69 Å². The molecule has 0 bridgehead atoms. The second-order valence-electron chi connectivity index (χ2n) is 7.07. The molecule has 24 heavy (non-hydrogen) atoms. The van der Waals surface area contributed by atoms with Crippen LogP contribution in [0.25, 0.3) is 0 Å². The predicted molar refractivity (Wildman–Crippen MR) is 83.9 cm³/mol. The van der Waals surface area contributed by atoms with Gasteiger partial charge in [-0.1, -0.05) is 19.3 Å². The molecule has 8 nitrogen and oxygen atoms in total. The maximum atomic E-state index is 12.6. The van der Waals surface area contributed by atoms with Gasteiger partial charge in [-0.25, -0.2) is 0 Å². The molecule has 1 unspecified atom stereocenters. The Bertz CT molecular complexity index is 436. The summed E-state index contributed by atoms with van der Waals surface area (Å²) in [6, 6.07) is 0.603. The zero-order valence-corrected chi connectivity index (χ0v) is 13.8. The van der Waals surface area contributed by atoms with Gasteiger partial charge >= 0.3 is 0 Å². The zero-order valence-electron chi connectivity index (χ0n) is 13.8. The fourth-order valence-electron chi connectivity index (χ4n) is 4.00. The second kappa shape index (κ2) is 7.63. The molecule has 3 fully saturated rings. The molecular formula is C16H28N2O6. The summed E-state index contributed by atoms with van der Waals surface area (Å²) < 4.78 is 5.03. The number of amides is 1. The second-order valence-corrected chi connectivity index (χ2v) is 7.07. The molecule has 2 saturated heterocycles. The zero-order chi connectivity index (χ0) is 17.3. The lowest BCUT2D eigenvalue weighted by atomic mass is 9.93. The normalized spacial score (nSPS) is 39.8. The van der Waals surface area contributed by atoms with E-state index >= 15 is 0 Å². The summed E-state index contributed by atoms with van der Waals surface area (Å²) in [5.41, 5.74) is 0. The minimum atomic E-state index is -1.68. The van der Waals surface area contributed by atoms with Crippen LogP contribution in [0.5, 0.6) is 0 Å². The van der Waals surface area contributed by atoms with E-state index < -0.39 is 36.6 Å². The van der Waals surface area contributed by atoms with Crippen molar-refractivity contribution in [3.8, 4) is 0 Å². The van der Waals surface area contributed by atoms with Crippen LogP contribution in [0.15, 0.2) is 0 Å². The highest BCUT2D eigenvalue weighted by atomic mass is 16.6. The van der Waals surface area contributed by atoms with E-state index in [-0.39, 0.29) is 0 Å². The lowest BCUT2D eigenvalue weighted by Crippen LogP contribution is -2.63. The first-order valence-corrected chi connectivity index (χ1v) is 8.89. The van der Waals surface area contributed by atoms with Crippen LogP contribution in [0.4, 0.5) is 0 Å². The van der Waals surface area contributed by atoms with Gasteiger partial charge in [0.1, 0.15) is 18.3 Å². The van der Waals surface area contributed by atoms with Crippen LogP contribution in [-0.2, 0) is 9.53 Å². The van der Waals surface area contributed by atoms with Crippen molar-refractivity contribution in [3.05, 3.63) is 0 Å². The van der Waals surface area contributed by atoms with Crippen molar-refractivity contribution in [2.75, 3.05) is 26.2 Å². The van der Waals surface area contributed by atoms with Gasteiger partial charge in [-0.05, 0) is 12.8 Å². The Morgan fingerprint density at radius 3 is 2.08 bits per heavy atom. The van der Waals surface area contributed by atoms with Crippen molar-refractivity contribution in [3.63, 3.8) is 0 Å².